The molecule has 2 N–H and O–H groups in total. The van der Waals surface area contributed by atoms with Crippen LogP contribution in [0.4, 0.5) is 4.39 Å². The molecule has 0 aliphatic carbocycles. The van der Waals surface area contributed by atoms with E-state index in [9.17, 15) is 4.39 Å². The predicted octanol–water partition coefficient (Wildman–Crippen LogP) is 3.56. The third-order valence-electron chi connectivity index (χ3n) is 5.38. The molecule has 1 fully saturated rings. The van der Waals surface area contributed by atoms with Gasteiger partial charge in [0.2, 0.25) is 0 Å². The van der Waals surface area contributed by atoms with Crippen LogP contribution in [-0.4, -0.2) is 52.6 Å². The lowest BCUT2D eigenvalue weighted by Crippen LogP contribution is -2.54. The summed E-state index contributed by atoms with van der Waals surface area (Å²) in [6, 6.07) is 5.23. The summed E-state index contributed by atoms with van der Waals surface area (Å²) in [6.07, 6.45) is 8.84. The van der Waals surface area contributed by atoms with E-state index < -0.39 is 0 Å². The minimum atomic E-state index is -0.272. The summed E-state index contributed by atoms with van der Waals surface area (Å²) in [5, 5.41) is 6.69. The lowest BCUT2D eigenvalue weighted by molar-refractivity contribution is 0.0982. The maximum Gasteiger partial charge on any atom is 0.191 e. The molecule has 1 saturated heterocycles. The maximum atomic E-state index is 14.4. The van der Waals surface area contributed by atoms with E-state index in [1.807, 2.05) is 6.07 Å². The zero-order chi connectivity index (χ0) is 20.0. The summed E-state index contributed by atoms with van der Waals surface area (Å²) in [6.45, 7) is 8.16. The molecule has 0 spiro atoms. The monoisotopic (exact) mass is 514 g/mol. The van der Waals surface area contributed by atoms with Crippen LogP contribution in [0.15, 0.2) is 41.9 Å². The summed E-state index contributed by atoms with van der Waals surface area (Å²) in [5.41, 5.74) is 1.42. The zero-order valence-electron chi connectivity index (χ0n) is 17.5. The first-order valence-corrected chi connectivity index (χ1v) is 9.96. The second-order valence-corrected chi connectivity index (χ2v) is 7.90. The van der Waals surface area contributed by atoms with Crippen LogP contribution in [0, 0.1) is 5.82 Å². The molecule has 1 aromatic carbocycles. The molecule has 0 atom stereocenters. The Morgan fingerprint density at radius 2 is 1.97 bits per heavy atom. The first-order valence-electron chi connectivity index (χ1n) is 9.96. The van der Waals surface area contributed by atoms with Crippen molar-refractivity contribution < 1.29 is 4.39 Å². The van der Waals surface area contributed by atoms with Gasteiger partial charge in [-0.25, -0.2) is 9.37 Å². The van der Waals surface area contributed by atoms with Crippen LogP contribution >= 0.6 is 24.0 Å². The fraction of sp³-hybridized carbons (Fsp3) is 0.524. The number of likely N-dealkylation sites (tertiary alicyclic amines) is 1. The molecule has 29 heavy (non-hydrogen) atoms. The summed E-state index contributed by atoms with van der Waals surface area (Å²) in [7, 11) is 1.76. The Labute approximate surface area is 190 Å². The number of nitrogens with one attached hydrogen (secondary N) is 2. The van der Waals surface area contributed by atoms with Crippen LogP contribution in [0.1, 0.15) is 38.7 Å². The van der Waals surface area contributed by atoms with Gasteiger partial charge in [-0.1, -0.05) is 12.5 Å². The number of hydrogen-bond donors (Lipinski definition) is 2. The Balaban J connectivity index is 0.00000300. The Morgan fingerprint density at radius 3 is 2.59 bits per heavy atom. The molecule has 0 amide bonds. The van der Waals surface area contributed by atoms with E-state index in [1.165, 1.54) is 19.3 Å². The van der Waals surface area contributed by atoms with Gasteiger partial charge in [-0.3, -0.25) is 9.89 Å². The van der Waals surface area contributed by atoms with Crippen molar-refractivity contribution in [2.24, 2.45) is 4.99 Å². The Bertz CT molecular complexity index is 784. The second kappa shape index (κ2) is 10.9. The lowest BCUT2D eigenvalue weighted by Gasteiger charge is -2.41. The highest BCUT2D eigenvalue weighted by molar-refractivity contribution is 14.0. The normalized spacial score (nSPS) is 15.7. The first-order chi connectivity index (χ1) is 13.5. The number of aromatic nitrogens is 2. The van der Waals surface area contributed by atoms with Crippen molar-refractivity contribution in [1.29, 1.82) is 0 Å². The van der Waals surface area contributed by atoms with Gasteiger partial charge in [0, 0.05) is 38.1 Å². The molecule has 0 saturated carbocycles. The highest BCUT2D eigenvalue weighted by atomic mass is 127. The highest BCUT2D eigenvalue weighted by Crippen LogP contribution is 2.20. The fourth-order valence-corrected chi connectivity index (χ4v) is 3.59. The summed E-state index contributed by atoms with van der Waals surface area (Å²) >= 11 is 0. The Hall–Kier alpha value is -1.68. The van der Waals surface area contributed by atoms with E-state index in [0.717, 1.165) is 31.2 Å². The topological polar surface area (TPSA) is 57.5 Å². The lowest BCUT2D eigenvalue weighted by atomic mass is 9.98. The first kappa shape index (κ1) is 23.6. The maximum absolute atomic E-state index is 14.4. The van der Waals surface area contributed by atoms with Crippen molar-refractivity contribution >= 4 is 29.9 Å². The number of piperidine rings is 1. The highest BCUT2D eigenvalue weighted by Gasteiger charge is 2.27. The largest absolute Gasteiger partial charge is 0.355 e. The van der Waals surface area contributed by atoms with Gasteiger partial charge in [-0.05, 0) is 57.5 Å². The SMILES string of the molecule is CN=C(NCc1ccc(-n2ccnc2)c(F)c1)NCC(C)(C)N1CCCCC1.I. The van der Waals surface area contributed by atoms with Crippen molar-refractivity contribution in [3.8, 4) is 5.69 Å². The third-order valence-corrected chi connectivity index (χ3v) is 5.38. The molecule has 1 aliphatic heterocycles. The number of halogens is 2. The predicted molar refractivity (Wildman–Crippen MR) is 127 cm³/mol. The Morgan fingerprint density at radius 1 is 1.21 bits per heavy atom. The number of nitrogens with zero attached hydrogens (tertiary/aromatic N) is 4. The molecule has 0 radical (unpaired) electrons. The van der Waals surface area contributed by atoms with Crippen LogP contribution in [0.5, 0.6) is 0 Å². The number of aliphatic imine (C=N–C) groups is 1. The Kier molecular flexibility index (Phi) is 8.88. The van der Waals surface area contributed by atoms with Crippen LogP contribution in [0.2, 0.25) is 0 Å². The molecule has 6 nitrogen and oxygen atoms in total. The molecule has 1 aromatic heterocycles. The summed E-state index contributed by atoms with van der Waals surface area (Å²) < 4.78 is 16.1. The number of benzene rings is 1. The molecule has 0 unspecified atom stereocenters. The molecular formula is C21H32FIN6. The van der Waals surface area contributed by atoms with E-state index >= 15 is 0 Å². The number of rotatable bonds is 6. The summed E-state index contributed by atoms with van der Waals surface area (Å²) in [5.74, 6) is 0.454. The minimum Gasteiger partial charge on any atom is -0.355 e. The van der Waals surface area contributed by atoms with Gasteiger partial charge in [0.1, 0.15) is 5.82 Å². The van der Waals surface area contributed by atoms with Gasteiger partial charge in [-0.15, -0.1) is 24.0 Å². The molecular weight excluding hydrogens is 482 g/mol. The quantitative estimate of drug-likeness (QED) is 0.352. The molecule has 1 aliphatic rings. The third kappa shape index (κ3) is 6.40. The molecule has 2 aromatic rings. The van der Waals surface area contributed by atoms with Crippen LogP contribution in [-0.2, 0) is 6.54 Å². The standard InChI is InChI=1S/C21H31FN6.HI/c1-21(2,28-10-5-4-6-11-28)15-26-20(23-3)25-14-17-7-8-19(18(22)13-17)27-12-9-24-16-27;/h7-9,12-13,16H,4-6,10-11,14-15H2,1-3H3,(H2,23,25,26);1H. The number of hydrogen-bond acceptors (Lipinski definition) is 3. The van der Waals surface area contributed by atoms with Crippen molar-refractivity contribution in [2.75, 3.05) is 26.7 Å². The fourth-order valence-electron chi connectivity index (χ4n) is 3.59. The van der Waals surface area contributed by atoms with Crippen LogP contribution in [0.25, 0.3) is 5.69 Å². The van der Waals surface area contributed by atoms with Crippen molar-refractivity contribution in [1.82, 2.24) is 25.1 Å². The molecule has 2 heterocycles. The van der Waals surface area contributed by atoms with Gasteiger partial charge in [0.25, 0.3) is 0 Å². The van der Waals surface area contributed by atoms with Crippen molar-refractivity contribution in [3.05, 3.63) is 48.3 Å². The zero-order valence-corrected chi connectivity index (χ0v) is 19.8. The van der Waals surface area contributed by atoms with E-state index in [4.69, 9.17) is 0 Å². The average Bonchev–Trinajstić information content (AvgIpc) is 3.23. The van der Waals surface area contributed by atoms with Crippen molar-refractivity contribution in [2.45, 2.75) is 45.2 Å². The number of imidazole rings is 1. The van der Waals surface area contributed by atoms with Crippen LogP contribution < -0.4 is 10.6 Å². The smallest absolute Gasteiger partial charge is 0.191 e. The van der Waals surface area contributed by atoms with E-state index in [-0.39, 0.29) is 35.3 Å². The van der Waals surface area contributed by atoms with Gasteiger partial charge < -0.3 is 15.2 Å². The van der Waals surface area contributed by atoms with Gasteiger partial charge in [0.15, 0.2) is 5.96 Å². The molecule has 3 rings (SSSR count). The van der Waals surface area contributed by atoms with Crippen molar-refractivity contribution in [3.63, 3.8) is 0 Å². The van der Waals surface area contributed by atoms with Gasteiger partial charge in [0.05, 0.1) is 12.0 Å². The van der Waals surface area contributed by atoms with Gasteiger partial charge >= 0.3 is 0 Å². The average molecular weight is 514 g/mol. The van der Waals surface area contributed by atoms with Crippen LogP contribution in [0.3, 0.4) is 0 Å². The molecule has 160 valence electrons. The molecule has 0 bridgehead atoms. The van der Waals surface area contributed by atoms with E-state index in [1.54, 1.807) is 42.5 Å². The minimum absolute atomic E-state index is 0. The molecule has 8 heteroatoms. The second-order valence-electron chi connectivity index (χ2n) is 7.90. The van der Waals surface area contributed by atoms with Gasteiger partial charge in [-0.2, -0.15) is 0 Å². The van der Waals surface area contributed by atoms with E-state index in [2.05, 4.69) is 39.4 Å². The number of guanidine groups is 1. The van der Waals surface area contributed by atoms with E-state index in [0.29, 0.717) is 12.2 Å². The summed E-state index contributed by atoms with van der Waals surface area (Å²) in [4.78, 5) is 10.8.